The first-order chi connectivity index (χ1) is 8.02. The summed E-state index contributed by atoms with van der Waals surface area (Å²) in [5.74, 6) is 0. The highest BCUT2D eigenvalue weighted by Crippen LogP contribution is 2.15. The number of sulfonamides is 1. The van der Waals surface area contributed by atoms with Crippen molar-refractivity contribution in [2.45, 2.75) is 31.3 Å². The lowest BCUT2D eigenvalue weighted by Gasteiger charge is -2.16. The predicted molar refractivity (Wildman–Crippen MR) is 67.1 cm³/mol. The summed E-state index contributed by atoms with van der Waals surface area (Å²) < 4.78 is 25.6. The van der Waals surface area contributed by atoms with Crippen LogP contribution in [0.4, 0.5) is 0 Å². The van der Waals surface area contributed by atoms with E-state index in [4.69, 9.17) is 5.11 Å². The number of aliphatic hydroxyl groups excluding tert-OH is 1. The third-order valence-electron chi connectivity index (χ3n) is 2.64. The molecule has 0 aliphatic carbocycles. The molecule has 17 heavy (non-hydrogen) atoms. The van der Waals surface area contributed by atoms with Crippen LogP contribution >= 0.6 is 0 Å². The van der Waals surface area contributed by atoms with Crippen molar-refractivity contribution in [2.75, 3.05) is 13.6 Å². The fourth-order valence-corrected chi connectivity index (χ4v) is 2.66. The van der Waals surface area contributed by atoms with Gasteiger partial charge in [-0.1, -0.05) is 25.5 Å². The minimum absolute atomic E-state index is 0.0774. The Hall–Kier alpha value is -0.910. The van der Waals surface area contributed by atoms with E-state index in [2.05, 4.69) is 0 Å². The van der Waals surface area contributed by atoms with E-state index in [-0.39, 0.29) is 11.5 Å². The van der Waals surface area contributed by atoms with Gasteiger partial charge in [-0.2, -0.15) is 0 Å². The van der Waals surface area contributed by atoms with Crippen LogP contribution in [0.5, 0.6) is 0 Å². The van der Waals surface area contributed by atoms with Gasteiger partial charge in [0.15, 0.2) is 0 Å². The maximum absolute atomic E-state index is 12.1. The smallest absolute Gasteiger partial charge is 0.242 e. The number of hydrogen-bond acceptors (Lipinski definition) is 3. The highest BCUT2D eigenvalue weighted by atomic mass is 32.2. The topological polar surface area (TPSA) is 57.6 Å². The molecule has 1 aromatic carbocycles. The number of rotatable bonds is 6. The van der Waals surface area contributed by atoms with Crippen molar-refractivity contribution in [1.82, 2.24) is 4.31 Å². The van der Waals surface area contributed by atoms with Crippen molar-refractivity contribution in [1.29, 1.82) is 0 Å². The Morgan fingerprint density at radius 3 is 2.29 bits per heavy atom. The molecule has 0 atom stereocenters. The molecule has 0 radical (unpaired) electrons. The van der Waals surface area contributed by atoms with Crippen LogP contribution in [-0.2, 0) is 16.6 Å². The van der Waals surface area contributed by atoms with Gasteiger partial charge >= 0.3 is 0 Å². The van der Waals surface area contributed by atoms with Crippen LogP contribution in [0.15, 0.2) is 29.2 Å². The molecule has 0 aliphatic heterocycles. The first-order valence-corrected chi connectivity index (χ1v) is 7.12. The number of nitrogens with zero attached hydrogens (tertiary/aromatic N) is 1. The van der Waals surface area contributed by atoms with Crippen molar-refractivity contribution in [3.8, 4) is 0 Å². The van der Waals surface area contributed by atoms with Crippen LogP contribution < -0.4 is 0 Å². The Morgan fingerprint density at radius 1 is 1.24 bits per heavy atom. The van der Waals surface area contributed by atoms with Gasteiger partial charge in [0, 0.05) is 13.6 Å². The summed E-state index contributed by atoms with van der Waals surface area (Å²) in [7, 11) is -1.80. The molecular formula is C12H19NO3S. The molecule has 0 spiro atoms. The first-order valence-electron chi connectivity index (χ1n) is 5.68. The number of hydrogen-bond donors (Lipinski definition) is 1. The summed E-state index contributed by atoms with van der Waals surface area (Å²) in [6, 6.07) is 6.31. The maximum Gasteiger partial charge on any atom is 0.242 e. The first kappa shape index (κ1) is 14.2. The third kappa shape index (κ3) is 3.52. The van der Waals surface area contributed by atoms with Gasteiger partial charge in [0.05, 0.1) is 11.5 Å². The second-order valence-electron chi connectivity index (χ2n) is 3.98. The van der Waals surface area contributed by atoms with Gasteiger partial charge in [-0.3, -0.25) is 0 Å². The Bertz CT molecular complexity index is 439. The molecule has 0 aliphatic rings. The largest absolute Gasteiger partial charge is 0.392 e. The fraction of sp³-hybridized carbons (Fsp3) is 0.500. The van der Waals surface area contributed by atoms with E-state index >= 15 is 0 Å². The molecule has 0 saturated carbocycles. The molecule has 4 nitrogen and oxygen atoms in total. The maximum atomic E-state index is 12.1. The average Bonchev–Trinajstić information content (AvgIpc) is 2.35. The Labute approximate surface area is 103 Å². The van der Waals surface area contributed by atoms with Crippen molar-refractivity contribution < 1.29 is 13.5 Å². The molecule has 0 heterocycles. The van der Waals surface area contributed by atoms with Crippen LogP contribution in [0.25, 0.3) is 0 Å². The van der Waals surface area contributed by atoms with Crippen molar-refractivity contribution in [2.24, 2.45) is 0 Å². The molecule has 1 rings (SSSR count). The van der Waals surface area contributed by atoms with Gasteiger partial charge in [0.25, 0.3) is 0 Å². The molecule has 1 aromatic rings. The minimum Gasteiger partial charge on any atom is -0.392 e. The molecule has 0 aromatic heterocycles. The van der Waals surface area contributed by atoms with Crippen LogP contribution in [0.2, 0.25) is 0 Å². The van der Waals surface area contributed by atoms with Gasteiger partial charge < -0.3 is 5.11 Å². The van der Waals surface area contributed by atoms with Gasteiger partial charge in [0.1, 0.15) is 0 Å². The summed E-state index contributed by atoms with van der Waals surface area (Å²) in [6.07, 6.45) is 1.81. The zero-order valence-corrected chi connectivity index (χ0v) is 11.1. The van der Waals surface area contributed by atoms with E-state index in [1.54, 1.807) is 19.2 Å². The molecular weight excluding hydrogens is 238 g/mol. The number of aliphatic hydroxyl groups is 1. The molecule has 0 amide bonds. The van der Waals surface area contributed by atoms with Crippen LogP contribution in [-0.4, -0.2) is 31.4 Å². The van der Waals surface area contributed by atoms with Crippen molar-refractivity contribution in [3.63, 3.8) is 0 Å². The molecule has 1 N–H and O–H groups in total. The van der Waals surface area contributed by atoms with E-state index in [0.717, 1.165) is 12.8 Å². The lowest BCUT2D eigenvalue weighted by atomic mass is 10.2. The summed E-state index contributed by atoms with van der Waals surface area (Å²) in [5.41, 5.74) is 0.708. The quantitative estimate of drug-likeness (QED) is 0.842. The molecule has 0 fully saturated rings. The van der Waals surface area contributed by atoms with Crippen molar-refractivity contribution in [3.05, 3.63) is 29.8 Å². The molecule has 0 saturated heterocycles. The van der Waals surface area contributed by atoms with E-state index in [1.165, 1.54) is 16.4 Å². The molecule has 0 unspecified atom stereocenters. The summed E-state index contributed by atoms with van der Waals surface area (Å²) in [5, 5.41) is 8.90. The monoisotopic (exact) mass is 257 g/mol. The standard InChI is InChI=1S/C12H19NO3S/c1-3-4-9-13(2)17(15,16)12-7-5-11(10-14)6-8-12/h5-8,14H,3-4,9-10H2,1-2H3. The van der Waals surface area contributed by atoms with Crippen molar-refractivity contribution >= 4 is 10.0 Å². The van der Waals surface area contributed by atoms with E-state index in [9.17, 15) is 8.42 Å². The van der Waals surface area contributed by atoms with Crippen LogP contribution in [0.1, 0.15) is 25.3 Å². The molecule has 96 valence electrons. The van der Waals surface area contributed by atoms with Gasteiger partial charge in [-0.25, -0.2) is 12.7 Å². The highest BCUT2D eigenvalue weighted by Gasteiger charge is 2.19. The number of benzene rings is 1. The lowest BCUT2D eigenvalue weighted by molar-refractivity contribution is 0.281. The summed E-state index contributed by atoms with van der Waals surface area (Å²) in [6.45, 7) is 2.48. The second kappa shape index (κ2) is 6.14. The summed E-state index contributed by atoms with van der Waals surface area (Å²) >= 11 is 0. The summed E-state index contributed by atoms with van der Waals surface area (Å²) in [4.78, 5) is 0.272. The van der Waals surface area contributed by atoms with E-state index < -0.39 is 10.0 Å². The lowest BCUT2D eigenvalue weighted by Crippen LogP contribution is -2.27. The van der Waals surface area contributed by atoms with Gasteiger partial charge in [-0.05, 0) is 24.1 Å². The average molecular weight is 257 g/mol. The Kier molecular flexibility index (Phi) is 5.11. The van der Waals surface area contributed by atoms with E-state index in [1.807, 2.05) is 6.92 Å². The Morgan fingerprint density at radius 2 is 1.82 bits per heavy atom. The zero-order valence-electron chi connectivity index (χ0n) is 10.3. The number of unbranched alkanes of at least 4 members (excludes halogenated alkanes) is 1. The third-order valence-corrected chi connectivity index (χ3v) is 4.51. The molecule has 5 heteroatoms. The normalized spacial score (nSPS) is 12.0. The fourth-order valence-electron chi connectivity index (χ4n) is 1.45. The second-order valence-corrected chi connectivity index (χ2v) is 6.03. The van der Waals surface area contributed by atoms with Crippen LogP contribution in [0, 0.1) is 0 Å². The minimum atomic E-state index is -3.38. The van der Waals surface area contributed by atoms with Crippen LogP contribution in [0.3, 0.4) is 0 Å². The van der Waals surface area contributed by atoms with Gasteiger partial charge in [-0.15, -0.1) is 0 Å². The van der Waals surface area contributed by atoms with E-state index in [0.29, 0.717) is 12.1 Å². The molecule has 0 bridgehead atoms. The zero-order chi connectivity index (χ0) is 12.9. The SMILES string of the molecule is CCCCN(C)S(=O)(=O)c1ccc(CO)cc1. The predicted octanol–water partition coefficient (Wildman–Crippen LogP) is 1.60. The van der Waals surface area contributed by atoms with Gasteiger partial charge in [0.2, 0.25) is 10.0 Å². The Balaban J connectivity index is 2.88. The highest BCUT2D eigenvalue weighted by molar-refractivity contribution is 7.89.